The van der Waals surface area contributed by atoms with Gasteiger partial charge >= 0.3 is 6.09 Å². The molecule has 0 fully saturated rings. The molecule has 0 aromatic carbocycles. The summed E-state index contributed by atoms with van der Waals surface area (Å²) in [6.45, 7) is 1.51. The molecule has 64 valence electrons. The lowest BCUT2D eigenvalue weighted by molar-refractivity contribution is 0.209. The molecule has 0 saturated carbocycles. The molecule has 0 spiro atoms. The molecule has 0 radical (unpaired) electrons. The number of rotatable bonds is 1. The lowest BCUT2D eigenvalue weighted by atomic mass is 10.3. The first-order chi connectivity index (χ1) is 5.59. The lowest BCUT2D eigenvalue weighted by Gasteiger charge is -2.00. The molecule has 0 saturated heterocycles. The van der Waals surface area contributed by atoms with Gasteiger partial charge in [0.1, 0.15) is 0 Å². The average molecular weight is 170 g/mol. The van der Waals surface area contributed by atoms with Gasteiger partial charge in [-0.2, -0.15) is 4.39 Å². The number of anilines is 1. The topological polar surface area (TPSA) is 62.2 Å². The number of aromatic nitrogens is 1. The van der Waals surface area contributed by atoms with E-state index in [0.717, 1.165) is 6.20 Å². The van der Waals surface area contributed by atoms with Crippen LogP contribution in [0.4, 0.5) is 14.9 Å². The van der Waals surface area contributed by atoms with Crippen molar-refractivity contribution in [1.82, 2.24) is 4.98 Å². The molecule has 4 nitrogen and oxygen atoms in total. The van der Waals surface area contributed by atoms with E-state index in [0.29, 0.717) is 5.56 Å². The van der Waals surface area contributed by atoms with Crippen LogP contribution in [-0.4, -0.2) is 16.2 Å². The maximum Gasteiger partial charge on any atom is 0.409 e. The van der Waals surface area contributed by atoms with Crippen molar-refractivity contribution >= 4 is 11.8 Å². The Hall–Kier alpha value is -1.65. The van der Waals surface area contributed by atoms with Crippen molar-refractivity contribution in [1.29, 1.82) is 0 Å². The Kier molecular flexibility index (Phi) is 2.23. The van der Waals surface area contributed by atoms with Crippen molar-refractivity contribution in [3.8, 4) is 0 Å². The molecule has 0 bridgehead atoms. The van der Waals surface area contributed by atoms with Crippen LogP contribution in [0.3, 0.4) is 0 Å². The second kappa shape index (κ2) is 3.17. The molecule has 0 unspecified atom stereocenters. The smallest absolute Gasteiger partial charge is 0.409 e. The Labute approximate surface area is 68.1 Å². The number of carbonyl (C=O) groups is 1. The highest BCUT2D eigenvalue weighted by atomic mass is 19.1. The van der Waals surface area contributed by atoms with E-state index in [2.05, 4.69) is 10.3 Å². The highest BCUT2D eigenvalue weighted by Gasteiger charge is 2.01. The van der Waals surface area contributed by atoms with Crippen LogP contribution in [-0.2, 0) is 0 Å². The van der Waals surface area contributed by atoms with E-state index in [9.17, 15) is 9.18 Å². The van der Waals surface area contributed by atoms with Gasteiger partial charge in [-0.05, 0) is 13.0 Å². The van der Waals surface area contributed by atoms with E-state index in [4.69, 9.17) is 5.11 Å². The maximum atomic E-state index is 12.5. The lowest BCUT2D eigenvalue weighted by Crippen LogP contribution is -2.08. The quantitative estimate of drug-likeness (QED) is 0.629. The number of halogens is 1. The van der Waals surface area contributed by atoms with Crippen molar-refractivity contribution < 1.29 is 14.3 Å². The minimum Gasteiger partial charge on any atom is -0.465 e. The zero-order valence-electron chi connectivity index (χ0n) is 6.34. The Bertz CT molecular complexity index is 314. The van der Waals surface area contributed by atoms with E-state index >= 15 is 0 Å². The highest BCUT2D eigenvalue weighted by Crippen LogP contribution is 2.10. The first kappa shape index (κ1) is 8.45. The Morgan fingerprint density at radius 1 is 1.75 bits per heavy atom. The van der Waals surface area contributed by atoms with Crippen LogP contribution >= 0.6 is 0 Å². The molecular weight excluding hydrogens is 163 g/mol. The van der Waals surface area contributed by atoms with Gasteiger partial charge in [0.05, 0.1) is 11.9 Å². The first-order valence-electron chi connectivity index (χ1n) is 3.21. The second-order valence-electron chi connectivity index (χ2n) is 2.26. The van der Waals surface area contributed by atoms with E-state index < -0.39 is 12.0 Å². The number of pyridine rings is 1. The summed E-state index contributed by atoms with van der Waals surface area (Å²) in [5, 5.41) is 10.4. The van der Waals surface area contributed by atoms with Crippen molar-refractivity contribution in [2.75, 3.05) is 5.32 Å². The summed E-state index contributed by atoms with van der Waals surface area (Å²) in [5.74, 6) is -0.592. The molecule has 0 aliphatic heterocycles. The van der Waals surface area contributed by atoms with Gasteiger partial charge in [-0.15, -0.1) is 0 Å². The third-order valence-electron chi connectivity index (χ3n) is 1.27. The van der Waals surface area contributed by atoms with Crippen molar-refractivity contribution in [3.63, 3.8) is 0 Å². The SMILES string of the molecule is Cc1cc(NC(=O)O)cnc1F. The summed E-state index contributed by atoms with van der Waals surface area (Å²) in [6, 6.07) is 1.37. The van der Waals surface area contributed by atoms with Gasteiger partial charge in [-0.3, -0.25) is 5.32 Å². The summed E-state index contributed by atoms with van der Waals surface area (Å²) >= 11 is 0. The number of nitrogens with one attached hydrogen (secondary N) is 1. The molecule has 12 heavy (non-hydrogen) atoms. The minimum atomic E-state index is -1.19. The van der Waals surface area contributed by atoms with Crippen molar-refractivity contribution in [3.05, 3.63) is 23.8 Å². The summed E-state index contributed by atoms with van der Waals surface area (Å²) in [7, 11) is 0. The van der Waals surface area contributed by atoms with Crippen molar-refractivity contribution in [2.24, 2.45) is 0 Å². The molecule has 0 aliphatic carbocycles. The number of carboxylic acid groups (broad SMARTS) is 1. The Balaban J connectivity index is 2.89. The van der Waals surface area contributed by atoms with Gasteiger partial charge in [-0.25, -0.2) is 9.78 Å². The molecular formula is C7H7FN2O2. The number of hydrogen-bond acceptors (Lipinski definition) is 2. The highest BCUT2D eigenvalue weighted by molar-refractivity contribution is 5.82. The van der Waals surface area contributed by atoms with Crippen LogP contribution in [0.25, 0.3) is 0 Å². The summed E-state index contributed by atoms with van der Waals surface area (Å²) < 4.78 is 12.5. The standard InChI is InChI=1S/C7H7FN2O2/c1-4-2-5(10-7(11)12)3-9-6(4)8/h2-3,10H,1H3,(H,11,12). The number of nitrogens with zero attached hydrogens (tertiary/aromatic N) is 1. The molecule has 2 N–H and O–H groups in total. The minimum absolute atomic E-state index is 0.265. The van der Waals surface area contributed by atoms with Gasteiger partial charge in [-0.1, -0.05) is 0 Å². The normalized spacial score (nSPS) is 9.50. The fraction of sp³-hybridized carbons (Fsp3) is 0.143. The van der Waals surface area contributed by atoms with Crippen molar-refractivity contribution in [2.45, 2.75) is 6.92 Å². The van der Waals surface area contributed by atoms with Crippen LogP contribution in [0.15, 0.2) is 12.3 Å². The molecule has 1 amide bonds. The maximum absolute atomic E-state index is 12.5. The monoisotopic (exact) mass is 170 g/mol. The molecule has 0 atom stereocenters. The number of amides is 1. The van der Waals surface area contributed by atoms with Gasteiger partial charge < -0.3 is 5.11 Å². The predicted octanol–water partition coefficient (Wildman–Crippen LogP) is 1.62. The third kappa shape index (κ3) is 1.91. The second-order valence-corrected chi connectivity index (χ2v) is 2.26. The molecule has 5 heteroatoms. The van der Waals surface area contributed by atoms with E-state index in [1.807, 2.05) is 0 Å². The summed E-state index contributed by atoms with van der Waals surface area (Å²) in [5.41, 5.74) is 0.572. The van der Waals surface area contributed by atoms with E-state index in [1.54, 1.807) is 0 Å². The fourth-order valence-corrected chi connectivity index (χ4v) is 0.750. The number of hydrogen-bond donors (Lipinski definition) is 2. The molecule has 1 aromatic heterocycles. The van der Waals surface area contributed by atoms with Crippen LogP contribution < -0.4 is 5.32 Å². The largest absolute Gasteiger partial charge is 0.465 e. The van der Waals surface area contributed by atoms with Gasteiger partial charge in [0.25, 0.3) is 0 Å². The molecule has 1 aromatic rings. The van der Waals surface area contributed by atoms with Crippen LogP contribution in [0.1, 0.15) is 5.56 Å². The Morgan fingerprint density at radius 2 is 2.42 bits per heavy atom. The number of aryl methyl sites for hydroxylation is 1. The molecule has 1 rings (SSSR count). The molecule has 0 aliphatic rings. The van der Waals surface area contributed by atoms with Crippen LogP contribution in [0.2, 0.25) is 0 Å². The molecule has 1 heterocycles. The van der Waals surface area contributed by atoms with Gasteiger partial charge in [0.2, 0.25) is 5.95 Å². The average Bonchev–Trinajstić information content (AvgIpc) is 1.96. The Morgan fingerprint density at radius 3 is 2.92 bits per heavy atom. The van der Waals surface area contributed by atoms with E-state index in [1.165, 1.54) is 13.0 Å². The summed E-state index contributed by atoms with van der Waals surface area (Å²) in [6.07, 6.45) is -0.0704. The summed E-state index contributed by atoms with van der Waals surface area (Å²) in [4.78, 5) is 13.5. The van der Waals surface area contributed by atoms with Crippen LogP contribution in [0.5, 0.6) is 0 Å². The first-order valence-corrected chi connectivity index (χ1v) is 3.21. The van der Waals surface area contributed by atoms with Gasteiger partial charge in [0.15, 0.2) is 0 Å². The zero-order valence-corrected chi connectivity index (χ0v) is 6.34. The van der Waals surface area contributed by atoms with Crippen LogP contribution in [0, 0.1) is 12.9 Å². The van der Waals surface area contributed by atoms with E-state index in [-0.39, 0.29) is 5.69 Å². The third-order valence-corrected chi connectivity index (χ3v) is 1.27. The predicted molar refractivity (Wildman–Crippen MR) is 40.6 cm³/mol. The zero-order chi connectivity index (χ0) is 9.14. The van der Waals surface area contributed by atoms with Gasteiger partial charge in [0, 0.05) is 5.56 Å². The fourth-order valence-electron chi connectivity index (χ4n) is 0.750.